The largest absolute Gasteiger partial charge is 0.481 e. The Labute approximate surface area is 127 Å². The lowest BCUT2D eigenvalue weighted by Gasteiger charge is -2.20. The van der Waals surface area contributed by atoms with E-state index in [1.165, 1.54) is 43.2 Å². The van der Waals surface area contributed by atoms with Crippen molar-refractivity contribution in [1.29, 1.82) is 0 Å². The van der Waals surface area contributed by atoms with Gasteiger partial charge in [0.1, 0.15) is 5.75 Å². The highest BCUT2D eigenvalue weighted by atomic mass is 16.5. The second-order valence-electron chi connectivity index (χ2n) is 6.39. The van der Waals surface area contributed by atoms with Crippen molar-refractivity contribution in [3.05, 3.63) is 29.3 Å². The maximum Gasteiger partial charge on any atom is 0.260 e. The number of amides is 1. The van der Waals surface area contributed by atoms with E-state index < -0.39 is 6.10 Å². The Kier molecular flexibility index (Phi) is 4.47. The molecule has 2 aliphatic rings. The lowest BCUT2D eigenvalue weighted by molar-refractivity contribution is -0.127. The van der Waals surface area contributed by atoms with Gasteiger partial charge in [0.15, 0.2) is 6.10 Å². The normalized spacial score (nSPS) is 19.9. The van der Waals surface area contributed by atoms with Crippen molar-refractivity contribution in [3.8, 4) is 5.75 Å². The Hall–Kier alpha value is -1.51. The van der Waals surface area contributed by atoms with Crippen LogP contribution in [0.5, 0.6) is 5.75 Å². The molecule has 1 aromatic rings. The first-order valence-corrected chi connectivity index (χ1v) is 8.31. The predicted molar refractivity (Wildman–Crippen MR) is 83.6 cm³/mol. The summed E-state index contributed by atoms with van der Waals surface area (Å²) in [6.07, 6.45) is 9.10. The number of fused-ring (bicyclic) bond motifs is 1. The molecule has 0 spiro atoms. The van der Waals surface area contributed by atoms with Gasteiger partial charge in [0.25, 0.3) is 5.91 Å². The van der Waals surface area contributed by atoms with Crippen molar-refractivity contribution in [3.63, 3.8) is 0 Å². The zero-order valence-electron chi connectivity index (χ0n) is 12.9. The van der Waals surface area contributed by atoms with Gasteiger partial charge in [0, 0.05) is 6.04 Å². The van der Waals surface area contributed by atoms with E-state index >= 15 is 0 Å². The highest BCUT2D eigenvalue weighted by molar-refractivity contribution is 5.81. The number of hydrogen-bond donors (Lipinski definition) is 1. The van der Waals surface area contributed by atoms with E-state index in [-0.39, 0.29) is 5.91 Å². The number of benzene rings is 1. The molecule has 3 nitrogen and oxygen atoms in total. The van der Waals surface area contributed by atoms with Crippen molar-refractivity contribution < 1.29 is 9.53 Å². The first kappa shape index (κ1) is 14.4. The number of carbonyl (C=O) groups excluding carboxylic acids is 1. The molecule has 3 heteroatoms. The summed E-state index contributed by atoms with van der Waals surface area (Å²) < 4.78 is 5.84. The minimum Gasteiger partial charge on any atom is -0.481 e. The molecule has 0 radical (unpaired) electrons. The van der Waals surface area contributed by atoms with Crippen LogP contribution in [0.1, 0.15) is 56.6 Å². The van der Waals surface area contributed by atoms with Gasteiger partial charge in [0.05, 0.1) is 0 Å². The Bertz CT molecular complexity index is 506. The van der Waals surface area contributed by atoms with Crippen molar-refractivity contribution in [1.82, 2.24) is 5.32 Å². The lowest BCUT2D eigenvalue weighted by Crippen LogP contribution is -2.41. The van der Waals surface area contributed by atoms with Crippen LogP contribution in [0.4, 0.5) is 0 Å². The topological polar surface area (TPSA) is 38.3 Å². The fraction of sp³-hybridized carbons (Fsp3) is 0.611. The van der Waals surface area contributed by atoms with Crippen LogP contribution < -0.4 is 10.1 Å². The van der Waals surface area contributed by atoms with Gasteiger partial charge >= 0.3 is 0 Å². The second-order valence-corrected chi connectivity index (χ2v) is 6.39. The third kappa shape index (κ3) is 3.58. The van der Waals surface area contributed by atoms with Gasteiger partial charge in [-0.1, -0.05) is 18.9 Å². The van der Waals surface area contributed by atoms with Gasteiger partial charge in [0.2, 0.25) is 0 Å². The molecule has 3 rings (SSSR count). The fourth-order valence-corrected chi connectivity index (χ4v) is 3.43. The summed E-state index contributed by atoms with van der Waals surface area (Å²) in [5, 5.41) is 3.10. The number of rotatable bonds is 4. The van der Waals surface area contributed by atoms with Gasteiger partial charge in [-0.05, 0) is 68.7 Å². The van der Waals surface area contributed by atoms with Crippen LogP contribution in [-0.4, -0.2) is 18.1 Å². The highest BCUT2D eigenvalue weighted by Crippen LogP contribution is 2.26. The summed E-state index contributed by atoms with van der Waals surface area (Å²) in [7, 11) is 0. The van der Waals surface area contributed by atoms with Crippen LogP contribution in [0.2, 0.25) is 0 Å². The predicted octanol–water partition coefficient (Wildman–Crippen LogP) is 3.39. The van der Waals surface area contributed by atoms with Gasteiger partial charge < -0.3 is 10.1 Å². The standard InChI is InChI=1S/C18H25NO2/c1-13(18(20)19-16-8-4-5-9-16)21-17-11-10-14-6-2-3-7-15(14)12-17/h10-13,16H,2-9H2,1H3,(H,19,20)/t13-/m0/s1. The molecular weight excluding hydrogens is 262 g/mol. The molecule has 1 amide bonds. The molecule has 2 aliphatic carbocycles. The Balaban J connectivity index is 1.58. The molecule has 0 heterocycles. The molecule has 0 saturated heterocycles. The van der Waals surface area contributed by atoms with E-state index in [1.807, 2.05) is 13.0 Å². The highest BCUT2D eigenvalue weighted by Gasteiger charge is 2.22. The van der Waals surface area contributed by atoms with Crippen LogP contribution in [0.25, 0.3) is 0 Å². The SMILES string of the molecule is C[C@H](Oc1ccc2c(c1)CCCC2)C(=O)NC1CCCC1. The summed E-state index contributed by atoms with van der Waals surface area (Å²) in [6, 6.07) is 6.63. The van der Waals surface area contributed by atoms with Gasteiger partial charge in [-0.3, -0.25) is 4.79 Å². The van der Waals surface area contributed by atoms with E-state index in [0.29, 0.717) is 6.04 Å². The van der Waals surface area contributed by atoms with Gasteiger partial charge in [-0.15, -0.1) is 0 Å². The molecule has 1 atom stereocenters. The smallest absolute Gasteiger partial charge is 0.260 e. The Morgan fingerprint density at radius 1 is 1.14 bits per heavy atom. The number of hydrogen-bond acceptors (Lipinski definition) is 2. The van der Waals surface area contributed by atoms with E-state index in [9.17, 15) is 4.79 Å². The number of nitrogens with one attached hydrogen (secondary N) is 1. The summed E-state index contributed by atoms with van der Waals surface area (Å²) in [6.45, 7) is 1.84. The number of carbonyl (C=O) groups is 1. The zero-order valence-corrected chi connectivity index (χ0v) is 12.9. The molecular formula is C18H25NO2. The minimum atomic E-state index is -0.424. The minimum absolute atomic E-state index is 0.0135. The average molecular weight is 287 g/mol. The molecule has 1 saturated carbocycles. The molecule has 21 heavy (non-hydrogen) atoms. The maximum atomic E-state index is 12.2. The second kappa shape index (κ2) is 6.50. The average Bonchev–Trinajstić information content (AvgIpc) is 3.00. The number of ether oxygens (including phenoxy) is 1. The van der Waals surface area contributed by atoms with Gasteiger partial charge in [-0.2, -0.15) is 0 Å². The van der Waals surface area contributed by atoms with Crippen molar-refractivity contribution >= 4 is 5.91 Å². The fourth-order valence-electron chi connectivity index (χ4n) is 3.43. The first-order valence-electron chi connectivity index (χ1n) is 8.31. The summed E-state index contributed by atoms with van der Waals surface area (Å²) in [5.41, 5.74) is 2.83. The number of aryl methyl sites for hydroxylation is 2. The van der Waals surface area contributed by atoms with E-state index in [4.69, 9.17) is 4.74 Å². The third-order valence-corrected chi connectivity index (χ3v) is 4.70. The molecule has 0 aromatic heterocycles. The van der Waals surface area contributed by atoms with Crippen molar-refractivity contribution in [2.24, 2.45) is 0 Å². The molecule has 114 valence electrons. The molecule has 0 aliphatic heterocycles. The zero-order chi connectivity index (χ0) is 14.7. The Morgan fingerprint density at radius 3 is 2.62 bits per heavy atom. The molecule has 0 unspecified atom stereocenters. The molecule has 1 fully saturated rings. The monoisotopic (exact) mass is 287 g/mol. The first-order chi connectivity index (χ1) is 10.2. The van der Waals surface area contributed by atoms with Crippen LogP contribution in [0.3, 0.4) is 0 Å². The lowest BCUT2D eigenvalue weighted by atomic mass is 9.92. The maximum absolute atomic E-state index is 12.2. The van der Waals surface area contributed by atoms with Gasteiger partial charge in [-0.25, -0.2) is 0 Å². The van der Waals surface area contributed by atoms with Crippen LogP contribution in [0, 0.1) is 0 Å². The van der Waals surface area contributed by atoms with Crippen molar-refractivity contribution in [2.45, 2.75) is 70.4 Å². The van der Waals surface area contributed by atoms with Crippen molar-refractivity contribution in [2.75, 3.05) is 0 Å². The van der Waals surface area contributed by atoms with E-state index in [0.717, 1.165) is 25.0 Å². The van der Waals surface area contributed by atoms with E-state index in [1.54, 1.807) is 0 Å². The molecule has 1 N–H and O–H groups in total. The molecule has 1 aromatic carbocycles. The Morgan fingerprint density at radius 2 is 1.86 bits per heavy atom. The summed E-state index contributed by atoms with van der Waals surface area (Å²) in [4.78, 5) is 12.2. The summed E-state index contributed by atoms with van der Waals surface area (Å²) in [5.74, 6) is 0.837. The summed E-state index contributed by atoms with van der Waals surface area (Å²) >= 11 is 0. The van der Waals surface area contributed by atoms with Crippen LogP contribution >= 0.6 is 0 Å². The van der Waals surface area contributed by atoms with Crippen LogP contribution in [-0.2, 0) is 17.6 Å². The third-order valence-electron chi connectivity index (χ3n) is 4.70. The van der Waals surface area contributed by atoms with E-state index in [2.05, 4.69) is 17.4 Å². The van der Waals surface area contributed by atoms with Crippen LogP contribution in [0.15, 0.2) is 18.2 Å². The molecule has 0 bridgehead atoms. The quantitative estimate of drug-likeness (QED) is 0.922.